The first-order valence-corrected chi connectivity index (χ1v) is 11.7. The fourth-order valence-corrected chi connectivity index (χ4v) is 4.18. The van der Waals surface area contributed by atoms with Crippen LogP contribution in [0.5, 0.6) is 0 Å². The lowest BCUT2D eigenvalue weighted by Gasteiger charge is -2.13. The number of carbonyl (C=O) groups is 3. The minimum absolute atomic E-state index is 0.140. The lowest BCUT2D eigenvalue weighted by molar-refractivity contribution is -0.124. The quantitative estimate of drug-likeness (QED) is 0.303. The van der Waals surface area contributed by atoms with E-state index < -0.39 is 5.97 Å². The third-order valence-electron chi connectivity index (χ3n) is 4.99. The SMILES string of the molecule is O=C(COC(=O)c1ccccc1SCC(=O)NCc1ccco1)NCCC1=CCCCC1. The molecule has 3 rings (SSSR count). The summed E-state index contributed by atoms with van der Waals surface area (Å²) < 4.78 is 10.4. The van der Waals surface area contributed by atoms with E-state index in [0.717, 1.165) is 19.3 Å². The van der Waals surface area contributed by atoms with Crippen molar-refractivity contribution in [1.82, 2.24) is 10.6 Å². The molecule has 2 N–H and O–H groups in total. The minimum Gasteiger partial charge on any atom is -0.467 e. The fraction of sp³-hybridized carbons (Fsp3) is 0.375. The van der Waals surface area contributed by atoms with Crippen LogP contribution in [0.1, 0.15) is 48.2 Å². The highest BCUT2D eigenvalue weighted by atomic mass is 32.2. The molecular weight excluding hydrogens is 428 g/mol. The molecule has 2 aromatic rings. The molecule has 7 nitrogen and oxygen atoms in total. The molecule has 0 bridgehead atoms. The minimum atomic E-state index is -0.589. The smallest absolute Gasteiger partial charge is 0.339 e. The summed E-state index contributed by atoms with van der Waals surface area (Å²) in [4.78, 5) is 37.2. The summed E-state index contributed by atoms with van der Waals surface area (Å²) in [6.45, 7) is 0.519. The van der Waals surface area contributed by atoms with E-state index in [1.165, 1.54) is 30.2 Å². The number of benzene rings is 1. The van der Waals surface area contributed by atoms with Crippen molar-refractivity contribution in [3.8, 4) is 0 Å². The maximum Gasteiger partial charge on any atom is 0.339 e. The Balaban J connectivity index is 1.40. The molecule has 1 aliphatic carbocycles. The van der Waals surface area contributed by atoms with E-state index in [4.69, 9.17) is 9.15 Å². The van der Waals surface area contributed by atoms with Crippen LogP contribution in [0, 0.1) is 0 Å². The van der Waals surface area contributed by atoms with Crippen molar-refractivity contribution in [2.24, 2.45) is 0 Å². The summed E-state index contributed by atoms with van der Waals surface area (Å²) in [5.74, 6) is -0.282. The summed E-state index contributed by atoms with van der Waals surface area (Å²) in [5.41, 5.74) is 1.71. The monoisotopic (exact) mass is 456 g/mol. The summed E-state index contributed by atoms with van der Waals surface area (Å²) in [6.07, 6.45) is 9.29. The topological polar surface area (TPSA) is 97.6 Å². The molecule has 0 fully saturated rings. The number of allylic oxidation sites excluding steroid dienone is 1. The summed E-state index contributed by atoms with van der Waals surface area (Å²) in [6, 6.07) is 10.4. The van der Waals surface area contributed by atoms with Crippen LogP contribution in [0.3, 0.4) is 0 Å². The maximum atomic E-state index is 12.5. The van der Waals surface area contributed by atoms with Crippen molar-refractivity contribution >= 4 is 29.5 Å². The Labute approximate surface area is 192 Å². The second-order valence-corrected chi connectivity index (χ2v) is 8.44. The molecule has 0 radical (unpaired) electrons. The average molecular weight is 457 g/mol. The average Bonchev–Trinajstić information content (AvgIpc) is 3.34. The van der Waals surface area contributed by atoms with Gasteiger partial charge >= 0.3 is 5.97 Å². The Kier molecular flexibility index (Phi) is 9.43. The van der Waals surface area contributed by atoms with Gasteiger partial charge in [0, 0.05) is 11.4 Å². The first kappa shape index (κ1) is 23.7. The molecule has 0 atom stereocenters. The molecule has 1 heterocycles. The van der Waals surface area contributed by atoms with E-state index in [1.54, 1.807) is 42.7 Å². The molecule has 0 spiro atoms. The van der Waals surface area contributed by atoms with Crippen LogP contribution in [0.15, 0.2) is 63.6 Å². The van der Waals surface area contributed by atoms with Crippen LogP contribution in [0.25, 0.3) is 0 Å². The van der Waals surface area contributed by atoms with Crippen molar-refractivity contribution in [2.75, 3.05) is 18.9 Å². The van der Waals surface area contributed by atoms with Gasteiger partial charge < -0.3 is 19.8 Å². The molecule has 170 valence electrons. The Morgan fingerprint density at radius 2 is 1.91 bits per heavy atom. The number of hydrogen-bond donors (Lipinski definition) is 2. The number of carbonyl (C=O) groups excluding carboxylic acids is 3. The van der Waals surface area contributed by atoms with Crippen LogP contribution >= 0.6 is 11.8 Å². The van der Waals surface area contributed by atoms with E-state index >= 15 is 0 Å². The second-order valence-electron chi connectivity index (χ2n) is 7.43. The molecule has 0 saturated heterocycles. The lowest BCUT2D eigenvalue weighted by atomic mass is 9.97. The van der Waals surface area contributed by atoms with E-state index in [2.05, 4.69) is 16.7 Å². The van der Waals surface area contributed by atoms with Crippen LogP contribution in [0.2, 0.25) is 0 Å². The van der Waals surface area contributed by atoms with Gasteiger partial charge in [-0.05, 0) is 56.4 Å². The normalized spacial score (nSPS) is 13.2. The zero-order chi connectivity index (χ0) is 22.6. The van der Waals surface area contributed by atoms with Gasteiger partial charge in [0.05, 0.1) is 24.1 Å². The molecule has 1 aromatic heterocycles. The highest BCUT2D eigenvalue weighted by molar-refractivity contribution is 8.00. The van der Waals surface area contributed by atoms with Crippen molar-refractivity contribution in [2.45, 2.75) is 43.5 Å². The van der Waals surface area contributed by atoms with Gasteiger partial charge in [-0.15, -0.1) is 11.8 Å². The molecule has 1 aliphatic rings. The lowest BCUT2D eigenvalue weighted by Crippen LogP contribution is -2.30. The van der Waals surface area contributed by atoms with Crippen LogP contribution in [-0.2, 0) is 20.9 Å². The summed E-state index contributed by atoms with van der Waals surface area (Å²) in [5, 5.41) is 5.55. The number of esters is 1. The van der Waals surface area contributed by atoms with Crippen LogP contribution < -0.4 is 10.6 Å². The predicted octanol–water partition coefficient (Wildman–Crippen LogP) is 3.85. The Bertz CT molecular complexity index is 940. The van der Waals surface area contributed by atoms with Crippen LogP contribution in [0.4, 0.5) is 0 Å². The van der Waals surface area contributed by atoms with E-state index in [-0.39, 0.29) is 24.2 Å². The highest BCUT2D eigenvalue weighted by Crippen LogP contribution is 2.23. The molecule has 2 amide bonds. The predicted molar refractivity (Wildman–Crippen MR) is 122 cm³/mol. The molecule has 8 heteroatoms. The van der Waals surface area contributed by atoms with Crippen molar-refractivity contribution in [3.05, 3.63) is 65.6 Å². The summed E-state index contributed by atoms with van der Waals surface area (Å²) in [7, 11) is 0. The van der Waals surface area contributed by atoms with E-state index in [1.807, 2.05) is 0 Å². The van der Waals surface area contributed by atoms with Crippen LogP contribution in [-0.4, -0.2) is 36.7 Å². The molecular formula is C24H28N2O5S. The number of amides is 2. The van der Waals surface area contributed by atoms with E-state index in [9.17, 15) is 14.4 Å². The van der Waals surface area contributed by atoms with Gasteiger partial charge in [0.1, 0.15) is 5.76 Å². The molecule has 1 aromatic carbocycles. The number of thioether (sulfide) groups is 1. The zero-order valence-electron chi connectivity index (χ0n) is 17.9. The largest absolute Gasteiger partial charge is 0.467 e. The number of hydrogen-bond acceptors (Lipinski definition) is 6. The molecule has 0 saturated carbocycles. The van der Waals surface area contributed by atoms with Gasteiger partial charge in [-0.25, -0.2) is 4.79 Å². The van der Waals surface area contributed by atoms with Gasteiger partial charge in [-0.3, -0.25) is 9.59 Å². The fourth-order valence-electron chi connectivity index (χ4n) is 3.31. The van der Waals surface area contributed by atoms with E-state index in [0.29, 0.717) is 29.3 Å². The summed E-state index contributed by atoms with van der Waals surface area (Å²) >= 11 is 1.23. The zero-order valence-corrected chi connectivity index (χ0v) is 18.7. The van der Waals surface area contributed by atoms with Gasteiger partial charge in [-0.1, -0.05) is 23.8 Å². The Hall–Kier alpha value is -3.00. The van der Waals surface area contributed by atoms with Gasteiger partial charge in [0.15, 0.2) is 6.61 Å². The standard InChI is InChI=1S/C24H28N2O5S/c27-22(25-13-12-18-7-2-1-3-8-18)16-31-24(29)20-10-4-5-11-21(20)32-17-23(28)26-15-19-9-6-14-30-19/h4-7,9-11,14H,1-3,8,12-13,15-17H2,(H,25,27)(H,26,28). The second kappa shape index (κ2) is 12.8. The number of rotatable bonds is 11. The first-order valence-electron chi connectivity index (χ1n) is 10.7. The Morgan fingerprint density at radius 1 is 1.03 bits per heavy atom. The Morgan fingerprint density at radius 3 is 2.69 bits per heavy atom. The number of furan rings is 1. The molecule has 32 heavy (non-hydrogen) atoms. The van der Waals surface area contributed by atoms with Gasteiger partial charge in [-0.2, -0.15) is 0 Å². The van der Waals surface area contributed by atoms with Gasteiger partial charge in [0.25, 0.3) is 5.91 Å². The number of nitrogens with one attached hydrogen (secondary N) is 2. The molecule has 0 aliphatic heterocycles. The first-order chi connectivity index (χ1) is 15.6. The van der Waals surface area contributed by atoms with Gasteiger partial charge in [0.2, 0.25) is 5.91 Å². The number of ether oxygens (including phenoxy) is 1. The maximum absolute atomic E-state index is 12.5. The van der Waals surface area contributed by atoms with Crippen molar-refractivity contribution < 1.29 is 23.5 Å². The van der Waals surface area contributed by atoms with Crippen molar-refractivity contribution in [3.63, 3.8) is 0 Å². The van der Waals surface area contributed by atoms with Crippen molar-refractivity contribution in [1.29, 1.82) is 0 Å². The highest BCUT2D eigenvalue weighted by Gasteiger charge is 2.16. The molecule has 0 unspecified atom stereocenters. The third kappa shape index (κ3) is 7.92. The third-order valence-corrected chi connectivity index (χ3v) is 6.07.